The molecule has 3 rings (SSSR count). The maximum Gasteiger partial charge on any atom is 0.134 e. The Morgan fingerprint density at radius 3 is 3.06 bits per heavy atom. The van der Waals surface area contributed by atoms with Crippen molar-refractivity contribution >= 4 is 26.8 Å². The lowest BCUT2D eigenvalue weighted by Crippen LogP contribution is -2.05. The van der Waals surface area contributed by atoms with E-state index in [1.807, 2.05) is 12.1 Å². The number of halogens is 1. The van der Waals surface area contributed by atoms with E-state index < -0.39 is 0 Å². The molecule has 0 amide bonds. The molecule has 1 aliphatic rings. The van der Waals surface area contributed by atoms with Gasteiger partial charge in [-0.25, -0.2) is 0 Å². The lowest BCUT2D eigenvalue weighted by Gasteiger charge is -2.08. The molecule has 0 bridgehead atoms. The van der Waals surface area contributed by atoms with Crippen molar-refractivity contribution in [1.29, 1.82) is 0 Å². The summed E-state index contributed by atoms with van der Waals surface area (Å²) < 4.78 is 6.96. The van der Waals surface area contributed by atoms with Crippen molar-refractivity contribution in [2.45, 2.75) is 26.4 Å². The first-order chi connectivity index (χ1) is 7.65. The summed E-state index contributed by atoms with van der Waals surface area (Å²) in [7, 11) is 0. The second kappa shape index (κ2) is 3.45. The van der Waals surface area contributed by atoms with Gasteiger partial charge in [-0.05, 0) is 32.0 Å². The molecule has 1 aliphatic heterocycles. The Hall–Kier alpha value is -1.09. The van der Waals surface area contributed by atoms with E-state index in [4.69, 9.17) is 4.74 Å². The fourth-order valence-electron chi connectivity index (χ4n) is 2.27. The van der Waals surface area contributed by atoms with Crippen LogP contribution in [0.2, 0.25) is 0 Å². The van der Waals surface area contributed by atoms with Gasteiger partial charge in [0.05, 0.1) is 5.52 Å². The minimum absolute atomic E-state index is 0.264. The van der Waals surface area contributed by atoms with Gasteiger partial charge in [-0.2, -0.15) is 0 Å². The van der Waals surface area contributed by atoms with Gasteiger partial charge in [-0.1, -0.05) is 15.9 Å². The molecule has 0 unspecified atom stereocenters. The van der Waals surface area contributed by atoms with Crippen LogP contribution in [0.25, 0.3) is 10.9 Å². The van der Waals surface area contributed by atoms with Crippen LogP contribution in [0.3, 0.4) is 0 Å². The van der Waals surface area contributed by atoms with Crippen LogP contribution in [0.5, 0.6) is 5.75 Å². The molecule has 0 saturated heterocycles. The molecule has 1 aromatic carbocycles. The summed E-state index contributed by atoms with van der Waals surface area (Å²) in [6.45, 7) is 4.16. The van der Waals surface area contributed by atoms with Gasteiger partial charge in [-0.15, -0.1) is 0 Å². The molecule has 3 heteroatoms. The average molecular weight is 278 g/mol. The molecule has 0 saturated carbocycles. The lowest BCUT2D eigenvalue weighted by atomic mass is 10.1. The van der Waals surface area contributed by atoms with Gasteiger partial charge >= 0.3 is 0 Å². The summed E-state index contributed by atoms with van der Waals surface area (Å²) in [5, 5.41) is 1.11. The van der Waals surface area contributed by atoms with Crippen molar-refractivity contribution in [2.24, 2.45) is 0 Å². The Kier molecular flexibility index (Phi) is 2.18. The van der Waals surface area contributed by atoms with Crippen molar-refractivity contribution < 1.29 is 4.74 Å². The van der Waals surface area contributed by atoms with Crippen LogP contribution in [0, 0.1) is 6.92 Å². The number of hydrogen-bond acceptors (Lipinski definition) is 2. The highest BCUT2D eigenvalue weighted by Crippen LogP contribution is 2.38. The van der Waals surface area contributed by atoms with Crippen LogP contribution in [-0.4, -0.2) is 11.1 Å². The van der Waals surface area contributed by atoms with Gasteiger partial charge in [-0.3, -0.25) is 4.98 Å². The zero-order chi connectivity index (χ0) is 11.3. The Bertz CT molecular complexity index is 580. The van der Waals surface area contributed by atoms with Crippen LogP contribution < -0.4 is 4.74 Å². The van der Waals surface area contributed by atoms with Crippen LogP contribution >= 0.6 is 15.9 Å². The molecule has 2 heterocycles. The Balaban J connectivity index is 2.38. The zero-order valence-electron chi connectivity index (χ0n) is 9.25. The summed E-state index contributed by atoms with van der Waals surface area (Å²) in [6, 6.07) is 6.12. The molecular weight excluding hydrogens is 266 g/mol. The maximum absolute atomic E-state index is 5.90. The monoisotopic (exact) mass is 277 g/mol. The molecule has 0 fully saturated rings. The van der Waals surface area contributed by atoms with Crippen LogP contribution in [0.15, 0.2) is 22.7 Å². The summed E-state index contributed by atoms with van der Waals surface area (Å²) in [5.74, 6) is 1.02. The molecule has 0 radical (unpaired) electrons. The number of aromatic nitrogens is 1. The third-order valence-electron chi connectivity index (χ3n) is 3.01. The smallest absolute Gasteiger partial charge is 0.134 e. The van der Waals surface area contributed by atoms with Crippen LogP contribution in [0.1, 0.15) is 18.2 Å². The molecule has 1 aromatic heterocycles. The molecular formula is C13H12BrNO. The highest BCUT2D eigenvalue weighted by atomic mass is 79.9. The van der Waals surface area contributed by atoms with Crippen molar-refractivity contribution in [3.05, 3.63) is 33.9 Å². The van der Waals surface area contributed by atoms with Crippen molar-refractivity contribution in [2.75, 3.05) is 0 Å². The fourth-order valence-corrected chi connectivity index (χ4v) is 2.63. The molecule has 2 nitrogen and oxygen atoms in total. The standard InChI is InChI=1S/C13H12BrNO/c1-7-5-10-8(2)15-12-4-3-9(14)6-11(12)13(10)16-7/h3-4,6-7H,5H2,1-2H3/t7-/m0/s1. The number of hydrogen-bond donors (Lipinski definition) is 0. The van der Waals surface area contributed by atoms with Gasteiger partial charge in [0.1, 0.15) is 11.9 Å². The van der Waals surface area contributed by atoms with Crippen LogP contribution in [-0.2, 0) is 6.42 Å². The number of aryl methyl sites for hydroxylation is 1. The van der Waals surface area contributed by atoms with E-state index in [0.29, 0.717) is 0 Å². The maximum atomic E-state index is 5.90. The SMILES string of the molecule is Cc1nc2ccc(Br)cc2c2c1C[C@H](C)O2. The highest BCUT2D eigenvalue weighted by Gasteiger charge is 2.24. The predicted octanol–water partition coefficient (Wildman–Crippen LogP) is 3.63. The number of ether oxygens (including phenoxy) is 1. The predicted molar refractivity (Wildman–Crippen MR) is 68.0 cm³/mol. The molecule has 82 valence electrons. The van der Waals surface area contributed by atoms with Gasteiger partial charge in [0.2, 0.25) is 0 Å². The number of nitrogens with zero attached hydrogens (tertiary/aromatic N) is 1. The minimum Gasteiger partial charge on any atom is -0.489 e. The normalized spacial score (nSPS) is 18.6. The highest BCUT2D eigenvalue weighted by molar-refractivity contribution is 9.10. The lowest BCUT2D eigenvalue weighted by molar-refractivity contribution is 0.257. The van der Waals surface area contributed by atoms with Gasteiger partial charge in [0, 0.05) is 27.5 Å². The summed E-state index contributed by atoms with van der Waals surface area (Å²) in [5.41, 5.74) is 3.36. The molecule has 2 aromatic rings. The first-order valence-electron chi connectivity index (χ1n) is 5.40. The third-order valence-corrected chi connectivity index (χ3v) is 3.51. The topological polar surface area (TPSA) is 22.1 Å². The van der Waals surface area contributed by atoms with E-state index in [1.54, 1.807) is 0 Å². The molecule has 1 atom stereocenters. The van der Waals surface area contributed by atoms with Crippen molar-refractivity contribution in [1.82, 2.24) is 4.98 Å². The van der Waals surface area contributed by atoms with E-state index in [1.165, 1.54) is 5.56 Å². The summed E-state index contributed by atoms with van der Waals surface area (Å²) >= 11 is 3.49. The number of rotatable bonds is 0. The summed E-state index contributed by atoms with van der Waals surface area (Å²) in [6.07, 6.45) is 1.23. The van der Waals surface area contributed by atoms with E-state index in [2.05, 4.69) is 40.8 Å². The summed E-state index contributed by atoms with van der Waals surface area (Å²) in [4.78, 5) is 4.62. The minimum atomic E-state index is 0.264. The Morgan fingerprint density at radius 2 is 2.25 bits per heavy atom. The van der Waals surface area contributed by atoms with Crippen molar-refractivity contribution in [3.63, 3.8) is 0 Å². The molecule has 16 heavy (non-hydrogen) atoms. The van der Waals surface area contributed by atoms with Gasteiger partial charge in [0.25, 0.3) is 0 Å². The van der Waals surface area contributed by atoms with E-state index in [0.717, 1.165) is 33.2 Å². The van der Waals surface area contributed by atoms with E-state index in [-0.39, 0.29) is 6.10 Å². The fraction of sp³-hybridized carbons (Fsp3) is 0.308. The Morgan fingerprint density at radius 1 is 1.44 bits per heavy atom. The largest absolute Gasteiger partial charge is 0.489 e. The quantitative estimate of drug-likeness (QED) is 0.734. The molecule has 0 N–H and O–H groups in total. The Labute approximate surface area is 103 Å². The van der Waals surface area contributed by atoms with Crippen LogP contribution in [0.4, 0.5) is 0 Å². The van der Waals surface area contributed by atoms with Gasteiger partial charge < -0.3 is 4.74 Å². The van der Waals surface area contributed by atoms with Gasteiger partial charge in [0.15, 0.2) is 0 Å². The van der Waals surface area contributed by atoms with Crippen molar-refractivity contribution in [3.8, 4) is 5.75 Å². The van der Waals surface area contributed by atoms with E-state index in [9.17, 15) is 0 Å². The molecule has 0 aliphatic carbocycles. The average Bonchev–Trinajstić information content (AvgIpc) is 2.62. The van der Waals surface area contributed by atoms with E-state index >= 15 is 0 Å². The molecule has 0 spiro atoms. The second-order valence-electron chi connectivity index (χ2n) is 4.30. The number of fused-ring (bicyclic) bond motifs is 3. The first-order valence-corrected chi connectivity index (χ1v) is 6.20. The first kappa shape index (κ1) is 10.1. The second-order valence-corrected chi connectivity index (χ2v) is 5.21. The third kappa shape index (κ3) is 1.42. The number of benzene rings is 1. The zero-order valence-corrected chi connectivity index (χ0v) is 10.8. The number of pyridine rings is 1.